The maximum Gasteiger partial charge on any atom is 0.333 e. The summed E-state index contributed by atoms with van der Waals surface area (Å²) in [5, 5.41) is 0. The summed E-state index contributed by atoms with van der Waals surface area (Å²) in [6, 6.07) is 0. The number of esters is 1. The number of rotatable bonds is 6. The van der Waals surface area contributed by atoms with Crippen molar-refractivity contribution in [3.63, 3.8) is 0 Å². The Labute approximate surface area is 117 Å². The first-order valence-electron chi connectivity index (χ1n) is 6.55. The maximum absolute atomic E-state index is 11.4. The number of carbonyl (C=O) groups is 1. The minimum atomic E-state index is -0.404. The molecule has 0 aromatic carbocycles. The van der Waals surface area contributed by atoms with Crippen molar-refractivity contribution >= 4 is 5.97 Å². The molecule has 0 N–H and O–H groups in total. The van der Waals surface area contributed by atoms with Crippen LogP contribution in [0.4, 0.5) is 0 Å². The molecule has 4 nitrogen and oxygen atoms in total. The van der Waals surface area contributed by atoms with E-state index in [-0.39, 0.29) is 23.9 Å². The van der Waals surface area contributed by atoms with Crippen LogP contribution in [0.25, 0.3) is 0 Å². The van der Waals surface area contributed by atoms with Gasteiger partial charge < -0.3 is 14.2 Å². The van der Waals surface area contributed by atoms with Crippen LogP contribution in [0.2, 0.25) is 0 Å². The third-order valence-electron chi connectivity index (χ3n) is 1.97. The maximum atomic E-state index is 11.4. The average molecular weight is 272 g/mol. The van der Waals surface area contributed by atoms with Gasteiger partial charge in [0, 0.05) is 5.57 Å². The van der Waals surface area contributed by atoms with Crippen LogP contribution in [0, 0.1) is 0 Å². The highest BCUT2D eigenvalue weighted by Crippen LogP contribution is 2.15. The molecule has 0 spiro atoms. The molecule has 0 aromatic heterocycles. The topological polar surface area (TPSA) is 44.8 Å². The second kappa shape index (κ2) is 7.06. The molecule has 0 radical (unpaired) electrons. The van der Waals surface area contributed by atoms with Crippen LogP contribution >= 0.6 is 0 Å². The van der Waals surface area contributed by atoms with E-state index >= 15 is 0 Å². The molecule has 112 valence electrons. The van der Waals surface area contributed by atoms with Crippen molar-refractivity contribution in [1.82, 2.24) is 0 Å². The Kier molecular flexibility index (Phi) is 6.73. The first kappa shape index (κ1) is 18.1. The van der Waals surface area contributed by atoms with Crippen LogP contribution < -0.4 is 0 Å². The Morgan fingerprint density at radius 1 is 1.05 bits per heavy atom. The van der Waals surface area contributed by atoms with Crippen molar-refractivity contribution in [1.29, 1.82) is 0 Å². The quantitative estimate of drug-likeness (QED) is 0.550. The van der Waals surface area contributed by atoms with Crippen LogP contribution in [0.1, 0.15) is 48.5 Å². The van der Waals surface area contributed by atoms with E-state index in [9.17, 15) is 4.79 Å². The summed E-state index contributed by atoms with van der Waals surface area (Å²) < 4.78 is 16.7. The lowest BCUT2D eigenvalue weighted by atomic mass is 10.1. The minimum absolute atomic E-state index is 0.166. The Bertz CT molecular complexity index is 307. The molecule has 19 heavy (non-hydrogen) atoms. The van der Waals surface area contributed by atoms with Gasteiger partial charge in [0.2, 0.25) is 0 Å². The lowest BCUT2D eigenvalue weighted by Gasteiger charge is -2.30. The Morgan fingerprint density at radius 3 is 1.95 bits per heavy atom. The van der Waals surface area contributed by atoms with Gasteiger partial charge in [-0.3, -0.25) is 0 Å². The number of hydrogen-bond donors (Lipinski definition) is 0. The van der Waals surface area contributed by atoms with E-state index in [0.29, 0.717) is 12.2 Å². The zero-order valence-electron chi connectivity index (χ0n) is 13.3. The molecular formula is C15H28O4. The van der Waals surface area contributed by atoms with Crippen LogP contribution in [-0.4, -0.2) is 36.5 Å². The highest BCUT2D eigenvalue weighted by Gasteiger charge is 2.23. The standard InChI is InChI=1S/C15H28O4/c1-11(2)13(16)17-9-12(19-15(6,7)8)10-18-14(3,4)5/h12H,1,9-10H2,2-8H3. The Morgan fingerprint density at radius 2 is 1.58 bits per heavy atom. The minimum Gasteiger partial charge on any atom is -0.459 e. The SMILES string of the molecule is C=C(C)C(=O)OCC(COC(C)(C)C)OC(C)(C)C. The van der Waals surface area contributed by atoms with Gasteiger partial charge in [0.05, 0.1) is 17.8 Å². The molecule has 4 heteroatoms. The van der Waals surface area contributed by atoms with Crippen molar-refractivity contribution in [2.75, 3.05) is 13.2 Å². The van der Waals surface area contributed by atoms with Crippen molar-refractivity contribution < 1.29 is 19.0 Å². The summed E-state index contributed by atoms with van der Waals surface area (Å²) >= 11 is 0. The van der Waals surface area contributed by atoms with Crippen molar-refractivity contribution in [2.24, 2.45) is 0 Å². The molecule has 0 rings (SSSR count). The average Bonchev–Trinajstić information content (AvgIpc) is 2.18. The van der Waals surface area contributed by atoms with E-state index in [2.05, 4.69) is 6.58 Å². The first-order valence-corrected chi connectivity index (χ1v) is 6.55. The van der Waals surface area contributed by atoms with Gasteiger partial charge in [-0.1, -0.05) is 6.58 Å². The van der Waals surface area contributed by atoms with Crippen molar-refractivity contribution in [2.45, 2.75) is 65.8 Å². The van der Waals surface area contributed by atoms with Gasteiger partial charge >= 0.3 is 5.97 Å². The van der Waals surface area contributed by atoms with Crippen LogP contribution in [-0.2, 0) is 19.0 Å². The van der Waals surface area contributed by atoms with Gasteiger partial charge in [0.25, 0.3) is 0 Å². The molecule has 0 saturated carbocycles. The Balaban J connectivity index is 4.42. The third-order valence-corrected chi connectivity index (χ3v) is 1.97. The van der Waals surface area contributed by atoms with E-state index in [0.717, 1.165) is 0 Å². The molecule has 0 aromatic rings. The molecule has 0 saturated heterocycles. The molecule has 0 aliphatic rings. The molecule has 0 aliphatic carbocycles. The van der Waals surface area contributed by atoms with Gasteiger partial charge in [0.1, 0.15) is 12.7 Å². The smallest absolute Gasteiger partial charge is 0.333 e. The van der Waals surface area contributed by atoms with Crippen molar-refractivity contribution in [3.8, 4) is 0 Å². The Hall–Kier alpha value is -0.870. The normalized spacial score (nSPS) is 14.1. The monoisotopic (exact) mass is 272 g/mol. The number of carbonyl (C=O) groups excluding carboxylic acids is 1. The third kappa shape index (κ3) is 10.7. The second-order valence-corrected chi connectivity index (χ2v) is 6.65. The van der Waals surface area contributed by atoms with E-state index in [1.807, 2.05) is 41.5 Å². The fourth-order valence-electron chi connectivity index (χ4n) is 1.25. The molecule has 1 unspecified atom stereocenters. The highest BCUT2D eigenvalue weighted by molar-refractivity contribution is 5.86. The zero-order chi connectivity index (χ0) is 15.3. The van der Waals surface area contributed by atoms with Gasteiger partial charge in [0.15, 0.2) is 0 Å². The summed E-state index contributed by atoms with van der Waals surface area (Å²) in [5.74, 6) is -0.404. The van der Waals surface area contributed by atoms with Crippen LogP contribution in [0.5, 0.6) is 0 Å². The van der Waals surface area contributed by atoms with Gasteiger partial charge in [-0.05, 0) is 48.5 Å². The molecule has 0 amide bonds. The predicted octanol–water partition coefficient (Wildman–Crippen LogP) is 3.10. The van der Waals surface area contributed by atoms with Crippen molar-refractivity contribution in [3.05, 3.63) is 12.2 Å². The summed E-state index contributed by atoms with van der Waals surface area (Å²) in [6.45, 7) is 17.5. The van der Waals surface area contributed by atoms with Crippen LogP contribution in [0.15, 0.2) is 12.2 Å². The van der Waals surface area contributed by atoms with Gasteiger partial charge in [-0.25, -0.2) is 4.79 Å². The summed E-state index contributed by atoms with van der Waals surface area (Å²) in [5.41, 5.74) is -0.189. The largest absolute Gasteiger partial charge is 0.459 e. The highest BCUT2D eigenvalue weighted by atomic mass is 16.6. The molecule has 0 aliphatic heterocycles. The molecule has 1 atom stereocenters. The lowest BCUT2D eigenvalue weighted by Crippen LogP contribution is -2.37. The summed E-state index contributed by atoms with van der Waals surface area (Å²) in [7, 11) is 0. The first-order chi connectivity index (χ1) is 8.41. The molecular weight excluding hydrogens is 244 g/mol. The van der Waals surface area contributed by atoms with E-state index in [4.69, 9.17) is 14.2 Å². The summed E-state index contributed by atoms with van der Waals surface area (Å²) in [4.78, 5) is 11.4. The lowest BCUT2D eigenvalue weighted by molar-refractivity contribution is -0.159. The van der Waals surface area contributed by atoms with E-state index < -0.39 is 5.97 Å². The van der Waals surface area contributed by atoms with Gasteiger partial charge in [-0.15, -0.1) is 0 Å². The molecule has 0 bridgehead atoms. The van der Waals surface area contributed by atoms with E-state index in [1.54, 1.807) is 6.92 Å². The molecule has 0 fully saturated rings. The van der Waals surface area contributed by atoms with Gasteiger partial charge in [-0.2, -0.15) is 0 Å². The zero-order valence-corrected chi connectivity index (χ0v) is 13.3. The number of hydrogen-bond acceptors (Lipinski definition) is 4. The molecule has 0 heterocycles. The number of ether oxygens (including phenoxy) is 3. The van der Waals surface area contributed by atoms with Crippen LogP contribution in [0.3, 0.4) is 0 Å². The fraction of sp³-hybridized carbons (Fsp3) is 0.800. The predicted molar refractivity (Wildman–Crippen MR) is 76.1 cm³/mol. The fourth-order valence-corrected chi connectivity index (χ4v) is 1.25. The summed E-state index contributed by atoms with van der Waals surface area (Å²) in [6.07, 6.45) is -0.289. The second-order valence-electron chi connectivity index (χ2n) is 6.65. The van der Waals surface area contributed by atoms with E-state index in [1.165, 1.54) is 0 Å².